The van der Waals surface area contributed by atoms with Gasteiger partial charge >= 0.3 is 5.97 Å². The van der Waals surface area contributed by atoms with E-state index in [0.29, 0.717) is 12.2 Å². The van der Waals surface area contributed by atoms with Crippen LogP contribution in [-0.4, -0.2) is 48.7 Å². The lowest BCUT2D eigenvalue weighted by atomic mass is 10.3. The van der Waals surface area contributed by atoms with Crippen LogP contribution in [0.5, 0.6) is 0 Å². The molecular formula is C10H12INO4S. The first-order valence-electron chi connectivity index (χ1n) is 4.78. The Labute approximate surface area is 117 Å². The standard InChI is InChI=1S/C10H12INO4S/c1-16-3-2-12(5-9(13)14)10(15)7-4-8(11)17-6-7/h4,6H,2-3,5H2,1H3,(H,13,14). The highest BCUT2D eigenvalue weighted by Gasteiger charge is 2.19. The van der Waals surface area contributed by atoms with Gasteiger partial charge in [0.25, 0.3) is 5.91 Å². The summed E-state index contributed by atoms with van der Waals surface area (Å²) in [7, 11) is 1.51. The smallest absolute Gasteiger partial charge is 0.323 e. The van der Waals surface area contributed by atoms with Gasteiger partial charge in [0.1, 0.15) is 6.54 Å². The molecule has 0 bridgehead atoms. The van der Waals surface area contributed by atoms with E-state index >= 15 is 0 Å². The van der Waals surface area contributed by atoms with Crippen LogP contribution in [0.4, 0.5) is 0 Å². The van der Waals surface area contributed by atoms with Gasteiger partial charge in [0, 0.05) is 19.0 Å². The number of carboxylic acids is 1. The van der Waals surface area contributed by atoms with E-state index in [4.69, 9.17) is 9.84 Å². The number of carbonyl (C=O) groups is 2. The van der Waals surface area contributed by atoms with Crippen LogP contribution >= 0.6 is 33.9 Å². The molecule has 0 unspecified atom stereocenters. The highest BCUT2D eigenvalue weighted by molar-refractivity contribution is 14.1. The van der Waals surface area contributed by atoms with Gasteiger partial charge in [0.05, 0.1) is 15.1 Å². The predicted molar refractivity (Wildman–Crippen MR) is 72.5 cm³/mol. The Bertz CT molecular complexity index is 407. The van der Waals surface area contributed by atoms with Gasteiger partial charge in [-0.05, 0) is 28.7 Å². The molecule has 0 aliphatic carbocycles. The number of hydrogen-bond donors (Lipinski definition) is 1. The molecule has 1 rings (SSSR count). The van der Waals surface area contributed by atoms with Crippen molar-refractivity contribution in [2.24, 2.45) is 0 Å². The van der Waals surface area contributed by atoms with E-state index in [-0.39, 0.29) is 19.0 Å². The van der Waals surface area contributed by atoms with Crippen molar-refractivity contribution in [3.8, 4) is 0 Å². The minimum atomic E-state index is -1.03. The molecule has 1 aromatic heterocycles. The van der Waals surface area contributed by atoms with Crippen molar-refractivity contribution in [1.29, 1.82) is 0 Å². The predicted octanol–water partition coefficient (Wildman–Crippen LogP) is 1.53. The van der Waals surface area contributed by atoms with Gasteiger partial charge in [-0.1, -0.05) is 0 Å². The second-order valence-corrected chi connectivity index (χ2v) is 6.06. The zero-order chi connectivity index (χ0) is 12.8. The van der Waals surface area contributed by atoms with Crippen LogP contribution in [0.3, 0.4) is 0 Å². The number of ether oxygens (including phenoxy) is 1. The fraction of sp³-hybridized carbons (Fsp3) is 0.400. The molecule has 0 fully saturated rings. The van der Waals surface area contributed by atoms with E-state index in [1.54, 1.807) is 11.4 Å². The summed E-state index contributed by atoms with van der Waals surface area (Å²) in [4.78, 5) is 24.0. The number of nitrogens with zero attached hydrogens (tertiary/aromatic N) is 1. The van der Waals surface area contributed by atoms with Crippen molar-refractivity contribution in [1.82, 2.24) is 4.90 Å². The maximum atomic E-state index is 12.0. The molecule has 0 atom stereocenters. The van der Waals surface area contributed by atoms with E-state index in [1.165, 1.54) is 23.3 Å². The minimum absolute atomic E-state index is 0.272. The van der Waals surface area contributed by atoms with Crippen LogP contribution < -0.4 is 0 Å². The molecule has 1 heterocycles. The van der Waals surface area contributed by atoms with E-state index in [9.17, 15) is 9.59 Å². The molecular weight excluding hydrogens is 357 g/mol. The van der Waals surface area contributed by atoms with Gasteiger partial charge in [-0.15, -0.1) is 11.3 Å². The summed E-state index contributed by atoms with van der Waals surface area (Å²) >= 11 is 3.57. The molecule has 7 heteroatoms. The summed E-state index contributed by atoms with van der Waals surface area (Å²) in [6, 6.07) is 1.75. The van der Waals surface area contributed by atoms with E-state index in [1.807, 2.05) is 0 Å². The minimum Gasteiger partial charge on any atom is -0.480 e. The molecule has 94 valence electrons. The fourth-order valence-corrected chi connectivity index (χ4v) is 2.54. The molecule has 0 saturated heterocycles. The Balaban J connectivity index is 2.74. The topological polar surface area (TPSA) is 66.8 Å². The summed E-state index contributed by atoms with van der Waals surface area (Å²) in [6.45, 7) is 0.281. The third-order valence-corrected chi connectivity index (χ3v) is 3.78. The van der Waals surface area contributed by atoms with Crippen LogP contribution in [0.2, 0.25) is 0 Å². The average Bonchev–Trinajstić information content (AvgIpc) is 2.69. The van der Waals surface area contributed by atoms with Crippen LogP contribution in [0.25, 0.3) is 0 Å². The Morgan fingerprint density at radius 3 is 2.76 bits per heavy atom. The molecule has 1 N–H and O–H groups in total. The van der Waals surface area contributed by atoms with E-state index in [2.05, 4.69) is 22.6 Å². The molecule has 0 aromatic carbocycles. The number of halogens is 1. The monoisotopic (exact) mass is 369 g/mol. The number of methoxy groups -OCH3 is 1. The first-order valence-corrected chi connectivity index (χ1v) is 6.74. The molecule has 17 heavy (non-hydrogen) atoms. The molecule has 0 aliphatic rings. The Kier molecular flexibility index (Phi) is 5.86. The lowest BCUT2D eigenvalue weighted by Gasteiger charge is -2.19. The maximum absolute atomic E-state index is 12.0. The van der Waals surface area contributed by atoms with Gasteiger partial charge in [-0.2, -0.15) is 0 Å². The average molecular weight is 369 g/mol. The number of hydrogen-bond acceptors (Lipinski definition) is 4. The Morgan fingerprint density at radius 1 is 1.59 bits per heavy atom. The molecule has 5 nitrogen and oxygen atoms in total. The van der Waals surface area contributed by atoms with Crippen LogP contribution in [-0.2, 0) is 9.53 Å². The molecule has 1 amide bonds. The zero-order valence-corrected chi connectivity index (χ0v) is 12.2. The lowest BCUT2D eigenvalue weighted by Crippen LogP contribution is -2.37. The van der Waals surface area contributed by atoms with Crippen molar-refractivity contribution < 1.29 is 19.4 Å². The van der Waals surface area contributed by atoms with Gasteiger partial charge in [-0.3, -0.25) is 9.59 Å². The normalized spacial score (nSPS) is 10.2. The van der Waals surface area contributed by atoms with Gasteiger partial charge < -0.3 is 14.7 Å². The molecule has 0 saturated carbocycles. The van der Waals surface area contributed by atoms with Crippen molar-refractivity contribution in [2.45, 2.75) is 0 Å². The zero-order valence-electron chi connectivity index (χ0n) is 9.18. The van der Waals surface area contributed by atoms with Crippen LogP contribution in [0.15, 0.2) is 11.4 Å². The van der Waals surface area contributed by atoms with Crippen LogP contribution in [0, 0.1) is 2.88 Å². The summed E-state index contributed by atoms with van der Waals surface area (Å²) < 4.78 is 5.85. The summed E-state index contributed by atoms with van der Waals surface area (Å²) in [6.07, 6.45) is 0. The third-order valence-electron chi connectivity index (χ3n) is 1.99. The molecule has 0 radical (unpaired) electrons. The summed E-state index contributed by atoms with van der Waals surface area (Å²) in [5, 5.41) is 10.5. The number of aliphatic carboxylic acids is 1. The largest absolute Gasteiger partial charge is 0.480 e. The van der Waals surface area contributed by atoms with E-state index in [0.717, 1.165) is 2.88 Å². The Morgan fingerprint density at radius 2 is 2.29 bits per heavy atom. The second kappa shape index (κ2) is 6.92. The van der Waals surface area contributed by atoms with Crippen molar-refractivity contribution >= 4 is 45.8 Å². The number of rotatable bonds is 6. The highest BCUT2D eigenvalue weighted by Crippen LogP contribution is 2.18. The molecule has 0 aliphatic heterocycles. The molecule has 1 aromatic rings. The first kappa shape index (κ1) is 14.4. The molecule has 0 spiro atoms. The maximum Gasteiger partial charge on any atom is 0.323 e. The SMILES string of the molecule is COCCN(CC(=O)O)C(=O)c1csc(I)c1. The summed E-state index contributed by atoms with van der Waals surface area (Å²) in [5.41, 5.74) is 0.525. The lowest BCUT2D eigenvalue weighted by molar-refractivity contribution is -0.137. The number of carboxylic acid groups (broad SMARTS) is 1. The quantitative estimate of drug-likeness (QED) is 0.773. The van der Waals surface area contributed by atoms with Crippen LogP contribution in [0.1, 0.15) is 10.4 Å². The summed E-state index contributed by atoms with van der Waals surface area (Å²) in [5.74, 6) is -1.30. The first-order chi connectivity index (χ1) is 8.04. The van der Waals surface area contributed by atoms with Crippen molar-refractivity contribution in [2.75, 3.05) is 26.8 Å². The number of amides is 1. The van der Waals surface area contributed by atoms with Gasteiger partial charge in [-0.25, -0.2) is 0 Å². The van der Waals surface area contributed by atoms with Crippen molar-refractivity contribution in [3.63, 3.8) is 0 Å². The van der Waals surface area contributed by atoms with Crippen molar-refractivity contribution in [3.05, 3.63) is 19.9 Å². The van der Waals surface area contributed by atoms with Gasteiger partial charge in [0.15, 0.2) is 0 Å². The van der Waals surface area contributed by atoms with Gasteiger partial charge in [0.2, 0.25) is 0 Å². The van der Waals surface area contributed by atoms with E-state index < -0.39 is 5.97 Å². The number of carbonyl (C=O) groups excluding carboxylic acids is 1. The highest BCUT2D eigenvalue weighted by atomic mass is 127. The number of thiophene rings is 1. The Hall–Kier alpha value is -0.670. The third kappa shape index (κ3) is 4.60. The fourth-order valence-electron chi connectivity index (χ4n) is 1.22. The second-order valence-electron chi connectivity index (χ2n) is 3.25.